The van der Waals surface area contributed by atoms with E-state index in [-0.39, 0.29) is 5.75 Å². The van der Waals surface area contributed by atoms with Crippen molar-refractivity contribution in [3.63, 3.8) is 0 Å². The van der Waals surface area contributed by atoms with Crippen LogP contribution in [0, 0.1) is 0 Å². The minimum Gasteiger partial charge on any atom is -0.376 e. The number of halogens is 3. The summed E-state index contributed by atoms with van der Waals surface area (Å²) in [6.07, 6.45) is 16.0. The van der Waals surface area contributed by atoms with Crippen LogP contribution in [-0.4, -0.2) is 13.9 Å². The van der Waals surface area contributed by atoms with Gasteiger partial charge in [-0.2, -0.15) is 21.6 Å². The molecule has 0 N–H and O–H groups in total. The highest BCUT2D eigenvalue weighted by molar-refractivity contribution is 7.88. The maximum Gasteiger partial charge on any atom is 0.534 e. The molecule has 0 radical (unpaired) electrons. The molecule has 3 nitrogen and oxygen atoms in total. The molecule has 0 aromatic heterocycles. The summed E-state index contributed by atoms with van der Waals surface area (Å²) in [4.78, 5) is 0. The molecular formula is C21H33F3O3S. The zero-order valence-corrected chi connectivity index (χ0v) is 17.6. The molecule has 28 heavy (non-hydrogen) atoms. The van der Waals surface area contributed by atoms with Crippen molar-refractivity contribution in [2.45, 2.75) is 95.9 Å². The van der Waals surface area contributed by atoms with E-state index in [0.29, 0.717) is 0 Å². The van der Waals surface area contributed by atoms with Gasteiger partial charge >= 0.3 is 15.6 Å². The van der Waals surface area contributed by atoms with E-state index in [1.165, 1.54) is 76.3 Å². The second kappa shape index (κ2) is 13.1. The van der Waals surface area contributed by atoms with Crippen molar-refractivity contribution in [2.75, 3.05) is 0 Å². The van der Waals surface area contributed by atoms with Gasteiger partial charge in [-0.3, -0.25) is 0 Å². The zero-order chi connectivity index (χ0) is 20.9. The topological polar surface area (TPSA) is 43.4 Å². The van der Waals surface area contributed by atoms with Gasteiger partial charge in [0.25, 0.3) is 0 Å². The fraction of sp³-hybridized carbons (Fsp3) is 0.714. The van der Waals surface area contributed by atoms with Crippen molar-refractivity contribution in [3.05, 3.63) is 29.8 Å². The fourth-order valence-corrected chi connectivity index (χ4v) is 3.51. The summed E-state index contributed by atoms with van der Waals surface area (Å²) in [5.41, 5.74) is -4.45. The number of benzene rings is 1. The van der Waals surface area contributed by atoms with E-state index in [9.17, 15) is 21.6 Å². The van der Waals surface area contributed by atoms with E-state index >= 15 is 0 Å². The zero-order valence-electron chi connectivity index (χ0n) is 16.8. The molecule has 1 aromatic rings. The normalized spacial score (nSPS) is 12.3. The van der Waals surface area contributed by atoms with Crippen molar-refractivity contribution >= 4 is 10.1 Å². The highest BCUT2D eigenvalue weighted by atomic mass is 32.2. The van der Waals surface area contributed by atoms with Gasteiger partial charge in [-0.25, -0.2) is 0 Å². The van der Waals surface area contributed by atoms with Crippen LogP contribution in [0.2, 0.25) is 0 Å². The third-order valence-electron chi connectivity index (χ3n) is 4.73. The second-order valence-electron chi connectivity index (χ2n) is 7.27. The van der Waals surface area contributed by atoms with Crippen molar-refractivity contribution in [1.29, 1.82) is 0 Å². The van der Waals surface area contributed by atoms with Crippen LogP contribution in [0.25, 0.3) is 0 Å². The molecule has 0 saturated heterocycles. The molecule has 0 bridgehead atoms. The molecule has 1 rings (SSSR count). The van der Waals surface area contributed by atoms with Crippen molar-refractivity contribution in [2.24, 2.45) is 0 Å². The number of hydrogen-bond donors (Lipinski definition) is 0. The van der Waals surface area contributed by atoms with Crippen LogP contribution in [0.5, 0.6) is 5.75 Å². The van der Waals surface area contributed by atoms with Gasteiger partial charge in [0.15, 0.2) is 0 Å². The lowest BCUT2D eigenvalue weighted by Gasteiger charge is -2.09. The van der Waals surface area contributed by atoms with Gasteiger partial charge in [0.2, 0.25) is 0 Å². The molecule has 0 amide bonds. The lowest BCUT2D eigenvalue weighted by atomic mass is 10.0. The van der Waals surface area contributed by atoms with Gasteiger partial charge in [0, 0.05) is 0 Å². The number of hydrogen-bond acceptors (Lipinski definition) is 3. The molecule has 0 unspecified atom stereocenters. The minimum atomic E-state index is -5.60. The van der Waals surface area contributed by atoms with Crippen molar-refractivity contribution in [1.82, 2.24) is 0 Å². The molecule has 162 valence electrons. The minimum absolute atomic E-state index is 0.323. The SMILES string of the molecule is CCCCCCCCCCCCCCc1ccc(OS(=O)(=O)C(F)(F)F)cc1. The molecule has 0 aliphatic heterocycles. The van der Waals surface area contributed by atoms with E-state index in [1.54, 1.807) is 12.1 Å². The lowest BCUT2D eigenvalue weighted by Crippen LogP contribution is -2.28. The molecule has 0 saturated carbocycles. The Kier molecular flexibility index (Phi) is 11.6. The Bertz CT molecular complexity index is 625. The average molecular weight is 423 g/mol. The van der Waals surface area contributed by atoms with Gasteiger partial charge in [0.1, 0.15) is 5.75 Å². The van der Waals surface area contributed by atoms with E-state index < -0.39 is 15.6 Å². The summed E-state index contributed by atoms with van der Waals surface area (Å²) in [5, 5.41) is 0. The summed E-state index contributed by atoms with van der Waals surface area (Å²) < 4.78 is 62.9. The summed E-state index contributed by atoms with van der Waals surface area (Å²) in [5.74, 6) is -0.323. The maximum atomic E-state index is 12.3. The number of aryl methyl sites for hydroxylation is 1. The van der Waals surface area contributed by atoms with Crippen molar-refractivity contribution < 1.29 is 25.8 Å². The highest BCUT2D eigenvalue weighted by Gasteiger charge is 2.48. The average Bonchev–Trinajstić information content (AvgIpc) is 2.63. The summed E-state index contributed by atoms with van der Waals surface area (Å²) in [6, 6.07) is 5.75. The van der Waals surface area contributed by atoms with Gasteiger partial charge in [-0.05, 0) is 30.5 Å². The van der Waals surface area contributed by atoms with Gasteiger partial charge in [0.05, 0.1) is 0 Å². The van der Waals surface area contributed by atoms with Crippen LogP contribution < -0.4 is 4.18 Å². The first-order chi connectivity index (χ1) is 13.3. The van der Waals surface area contributed by atoms with E-state index in [1.807, 2.05) is 0 Å². The van der Waals surface area contributed by atoms with Crippen LogP contribution in [-0.2, 0) is 16.5 Å². The number of rotatable bonds is 15. The van der Waals surface area contributed by atoms with Crippen LogP contribution in [0.1, 0.15) is 89.5 Å². The monoisotopic (exact) mass is 422 g/mol. The van der Waals surface area contributed by atoms with Gasteiger partial charge < -0.3 is 4.18 Å². The first-order valence-corrected chi connectivity index (χ1v) is 11.8. The Morgan fingerprint density at radius 1 is 0.750 bits per heavy atom. The summed E-state index contributed by atoms with van der Waals surface area (Å²) >= 11 is 0. The van der Waals surface area contributed by atoms with Crippen LogP contribution >= 0.6 is 0 Å². The Morgan fingerprint density at radius 3 is 1.61 bits per heavy atom. The Balaban J connectivity index is 2.11. The third kappa shape index (κ3) is 10.3. The Labute approximate surface area is 167 Å². The standard InChI is InChI=1S/C21H33F3O3S/c1-2-3-4-5-6-7-8-9-10-11-12-13-14-19-15-17-20(18-16-19)27-28(25,26)21(22,23)24/h15-18H,2-14H2,1H3. The number of unbranched alkanes of at least 4 members (excludes halogenated alkanes) is 11. The van der Waals surface area contributed by atoms with E-state index in [4.69, 9.17) is 0 Å². The smallest absolute Gasteiger partial charge is 0.376 e. The molecule has 1 aromatic carbocycles. The highest BCUT2D eigenvalue weighted by Crippen LogP contribution is 2.27. The molecule has 0 atom stereocenters. The number of alkyl halides is 3. The first kappa shape index (κ1) is 24.8. The van der Waals surface area contributed by atoms with E-state index in [2.05, 4.69) is 11.1 Å². The molecule has 0 heterocycles. The third-order valence-corrected chi connectivity index (χ3v) is 5.71. The Hall–Kier alpha value is -1.24. The lowest BCUT2D eigenvalue weighted by molar-refractivity contribution is -0.0500. The second-order valence-corrected chi connectivity index (χ2v) is 8.80. The van der Waals surface area contributed by atoms with Gasteiger partial charge in [-0.15, -0.1) is 0 Å². The molecule has 0 spiro atoms. The van der Waals surface area contributed by atoms with Gasteiger partial charge in [-0.1, -0.05) is 89.7 Å². The summed E-state index contributed by atoms with van der Waals surface area (Å²) in [7, 11) is -5.60. The largest absolute Gasteiger partial charge is 0.534 e. The Morgan fingerprint density at radius 2 is 1.18 bits per heavy atom. The quantitative estimate of drug-likeness (QED) is 0.171. The fourth-order valence-electron chi connectivity index (χ4n) is 3.06. The van der Waals surface area contributed by atoms with E-state index in [0.717, 1.165) is 24.8 Å². The summed E-state index contributed by atoms with van der Waals surface area (Å²) in [6.45, 7) is 2.23. The molecular weight excluding hydrogens is 389 g/mol. The molecule has 0 aliphatic carbocycles. The van der Waals surface area contributed by atoms with Crippen LogP contribution in [0.3, 0.4) is 0 Å². The molecule has 7 heteroatoms. The predicted molar refractivity (Wildman–Crippen MR) is 107 cm³/mol. The van der Waals surface area contributed by atoms with Crippen molar-refractivity contribution in [3.8, 4) is 5.75 Å². The maximum absolute atomic E-state index is 12.3. The molecule has 0 fully saturated rings. The first-order valence-electron chi connectivity index (χ1n) is 10.4. The van der Waals surface area contributed by atoms with Crippen LogP contribution in [0.4, 0.5) is 13.2 Å². The predicted octanol–water partition coefficient (Wildman–Crippen LogP) is 7.16. The molecule has 0 aliphatic rings. The van der Waals surface area contributed by atoms with Crippen LogP contribution in [0.15, 0.2) is 24.3 Å².